The Kier molecular flexibility index (Phi) is 10.5. The molecule has 0 heterocycles. The topological polar surface area (TPSA) is 72.2 Å². The molecule has 0 rings (SSSR count). The quantitative estimate of drug-likeness (QED) is 0.421. The number of carbonyl (C=O) groups excluding carboxylic acids is 2. The molecular formula is C11H22N2O2. The van der Waals surface area contributed by atoms with Gasteiger partial charge in [-0.15, -0.1) is 0 Å². The number of amides is 1. The summed E-state index contributed by atoms with van der Waals surface area (Å²) in [5.41, 5.74) is 5.30. The van der Waals surface area contributed by atoms with Crippen LogP contribution in [-0.4, -0.2) is 25.3 Å². The fourth-order valence-electron chi connectivity index (χ4n) is 1.29. The monoisotopic (exact) mass is 214 g/mol. The van der Waals surface area contributed by atoms with E-state index in [9.17, 15) is 9.59 Å². The molecule has 0 aromatic rings. The highest BCUT2D eigenvalue weighted by atomic mass is 16.1. The van der Waals surface area contributed by atoms with Gasteiger partial charge in [-0.1, -0.05) is 12.8 Å². The summed E-state index contributed by atoms with van der Waals surface area (Å²) >= 11 is 0. The lowest BCUT2D eigenvalue weighted by Gasteiger charge is -2.03. The van der Waals surface area contributed by atoms with Crippen LogP contribution in [0.2, 0.25) is 0 Å². The number of nitrogens with one attached hydrogen (secondary N) is 1. The number of hydrogen-bond donors (Lipinski definition) is 2. The van der Waals surface area contributed by atoms with E-state index >= 15 is 0 Å². The third kappa shape index (κ3) is 11.0. The fraction of sp³-hybridized carbons (Fsp3) is 0.818. The molecule has 0 saturated heterocycles. The molecule has 0 bridgehead atoms. The maximum Gasteiger partial charge on any atom is 0.219 e. The first-order valence-electron chi connectivity index (χ1n) is 5.71. The fourth-order valence-corrected chi connectivity index (χ4v) is 1.29. The standard InChI is InChI=1S/C11H22N2O2/c12-8-6-9-13-11(15)7-4-2-1-3-5-10-14/h10H,1-9,12H2,(H,13,15). The van der Waals surface area contributed by atoms with Crippen molar-refractivity contribution >= 4 is 12.2 Å². The second kappa shape index (κ2) is 11.2. The van der Waals surface area contributed by atoms with E-state index in [0.717, 1.165) is 38.4 Å². The molecule has 4 heteroatoms. The molecule has 0 unspecified atom stereocenters. The van der Waals surface area contributed by atoms with Crippen molar-refractivity contribution in [2.45, 2.75) is 44.9 Å². The molecular weight excluding hydrogens is 192 g/mol. The van der Waals surface area contributed by atoms with Gasteiger partial charge in [-0.25, -0.2) is 0 Å². The first kappa shape index (κ1) is 14.1. The van der Waals surface area contributed by atoms with Gasteiger partial charge in [-0.05, 0) is 25.8 Å². The minimum atomic E-state index is 0.110. The SMILES string of the molecule is NCCCNC(=O)CCCCCCC=O. The maximum absolute atomic E-state index is 11.2. The molecule has 0 saturated carbocycles. The van der Waals surface area contributed by atoms with E-state index in [2.05, 4.69) is 5.32 Å². The van der Waals surface area contributed by atoms with E-state index in [1.165, 1.54) is 0 Å². The zero-order valence-corrected chi connectivity index (χ0v) is 9.34. The van der Waals surface area contributed by atoms with E-state index < -0.39 is 0 Å². The summed E-state index contributed by atoms with van der Waals surface area (Å²) in [6, 6.07) is 0. The first-order chi connectivity index (χ1) is 7.31. The van der Waals surface area contributed by atoms with E-state index in [0.29, 0.717) is 25.9 Å². The Morgan fingerprint density at radius 3 is 2.53 bits per heavy atom. The van der Waals surface area contributed by atoms with Crippen LogP contribution in [0.15, 0.2) is 0 Å². The molecule has 0 radical (unpaired) electrons. The predicted molar refractivity (Wildman–Crippen MR) is 60.4 cm³/mol. The molecule has 0 aliphatic rings. The van der Waals surface area contributed by atoms with Crippen molar-refractivity contribution in [2.24, 2.45) is 5.73 Å². The summed E-state index contributed by atoms with van der Waals surface area (Å²) in [5.74, 6) is 0.110. The second-order valence-corrected chi connectivity index (χ2v) is 3.61. The lowest BCUT2D eigenvalue weighted by atomic mass is 10.1. The highest BCUT2D eigenvalue weighted by Gasteiger charge is 1.99. The normalized spacial score (nSPS) is 9.93. The molecule has 0 atom stereocenters. The lowest BCUT2D eigenvalue weighted by Crippen LogP contribution is -2.25. The van der Waals surface area contributed by atoms with Crippen LogP contribution in [0, 0.1) is 0 Å². The van der Waals surface area contributed by atoms with Gasteiger partial charge < -0.3 is 15.8 Å². The molecule has 88 valence electrons. The number of hydrogen-bond acceptors (Lipinski definition) is 3. The number of nitrogens with two attached hydrogens (primary N) is 1. The number of aldehydes is 1. The first-order valence-corrected chi connectivity index (χ1v) is 5.71. The maximum atomic E-state index is 11.2. The highest BCUT2D eigenvalue weighted by Crippen LogP contribution is 2.04. The molecule has 0 aromatic heterocycles. The zero-order valence-electron chi connectivity index (χ0n) is 9.34. The van der Waals surface area contributed by atoms with Crippen LogP contribution in [0.3, 0.4) is 0 Å². The summed E-state index contributed by atoms with van der Waals surface area (Å²) in [6.45, 7) is 1.30. The van der Waals surface area contributed by atoms with Gasteiger partial charge in [0.2, 0.25) is 5.91 Å². The second-order valence-electron chi connectivity index (χ2n) is 3.61. The largest absolute Gasteiger partial charge is 0.356 e. The third-order valence-corrected chi connectivity index (χ3v) is 2.18. The zero-order chi connectivity index (χ0) is 11.4. The minimum Gasteiger partial charge on any atom is -0.356 e. The van der Waals surface area contributed by atoms with Gasteiger partial charge in [0.05, 0.1) is 0 Å². The average molecular weight is 214 g/mol. The van der Waals surface area contributed by atoms with E-state index in [1.54, 1.807) is 0 Å². The van der Waals surface area contributed by atoms with E-state index in [-0.39, 0.29) is 5.91 Å². The molecule has 0 fully saturated rings. The number of rotatable bonds is 10. The Morgan fingerprint density at radius 1 is 1.13 bits per heavy atom. The minimum absolute atomic E-state index is 0.110. The predicted octanol–water partition coefficient (Wildman–Crippen LogP) is 0.991. The van der Waals surface area contributed by atoms with E-state index in [4.69, 9.17) is 5.73 Å². The Balaban J connectivity index is 3.13. The number of carbonyl (C=O) groups is 2. The van der Waals surface area contributed by atoms with Crippen LogP contribution in [-0.2, 0) is 9.59 Å². The van der Waals surface area contributed by atoms with Crippen LogP contribution < -0.4 is 11.1 Å². The van der Waals surface area contributed by atoms with Crippen molar-refractivity contribution in [3.63, 3.8) is 0 Å². The van der Waals surface area contributed by atoms with Crippen molar-refractivity contribution in [1.82, 2.24) is 5.32 Å². The van der Waals surface area contributed by atoms with Crippen LogP contribution in [0.4, 0.5) is 0 Å². The molecule has 0 aliphatic carbocycles. The van der Waals surface area contributed by atoms with Gasteiger partial charge in [0.25, 0.3) is 0 Å². The Morgan fingerprint density at radius 2 is 1.87 bits per heavy atom. The number of unbranched alkanes of at least 4 members (excludes halogenated alkanes) is 4. The van der Waals surface area contributed by atoms with Gasteiger partial charge in [0.15, 0.2) is 0 Å². The molecule has 1 amide bonds. The van der Waals surface area contributed by atoms with E-state index in [1.807, 2.05) is 0 Å². The molecule has 0 spiro atoms. The highest BCUT2D eigenvalue weighted by molar-refractivity contribution is 5.75. The summed E-state index contributed by atoms with van der Waals surface area (Å²) in [6.07, 6.45) is 6.93. The molecule has 3 N–H and O–H groups in total. The summed E-state index contributed by atoms with van der Waals surface area (Å²) in [7, 11) is 0. The Bertz CT molecular complexity index is 172. The van der Waals surface area contributed by atoms with Crippen molar-refractivity contribution in [3.8, 4) is 0 Å². The molecule has 0 aliphatic heterocycles. The van der Waals surface area contributed by atoms with Gasteiger partial charge >= 0.3 is 0 Å². The van der Waals surface area contributed by atoms with Crippen molar-refractivity contribution in [3.05, 3.63) is 0 Å². The lowest BCUT2D eigenvalue weighted by molar-refractivity contribution is -0.121. The summed E-state index contributed by atoms with van der Waals surface area (Å²) in [5, 5.41) is 2.81. The Labute approximate surface area is 91.6 Å². The van der Waals surface area contributed by atoms with Crippen molar-refractivity contribution in [1.29, 1.82) is 0 Å². The van der Waals surface area contributed by atoms with Gasteiger partial charge in [0, 0.05) is 19.4 Å². The van der Waals surface area contributed by atoms with Gasteiger partial charge in [-0.2, -0.15) is 0 Å². The van der Waals surface area contributed by atoms with Crippen molar-refractivity contribution < 1.29 is 9.59 Å². The smallest absolute Gasteiger partial charge is 0.219 e. The van der Waals surface area contributed by atoms with Crippen molar-refractivity contribution in [2.75, 3.05) is 13.1 Å². The van der Waals surface area contributed by atoms with Crippen LogP contribution in [0.1, 0.15) is 44.9 Å². The molecule has 4 nitrogen and oxygen atoms in total. The summed E-state index contributed by atoms with van der Waals surface area (Å²) in [4.78, 5) is 21.2. The van der Waals surface area contributed by atoms with Crippen LogP contribution in [0.5, 0.6) is 0 Å². The van der Waals surface area contributed by atoms with Gasteiger partial charge in [0.1, 0.15) is 6.29 Å². The van der Waals surface area contributed by atoms with Crippen LogP contribution >= 0.6 is 0 Å². The van der Waals surface area contributed by atoms with Crippen LogP contribution in [0.25, 0.3) is 0 Å². The molecule has 0 aromatic carbocycles. The van der Waals surface area contributed by atoms with Gasteiger partial charge in [-0.3, -0.25) is 4.79 Å². The average Bonchev–Trinajstić information content (AvgIpc) is 2.23. The summed E-state index contributed by atoms with van der Waals surface area (Å²) < 4.78 is 0. The Hall–Kier alpha value is -0.900. The molecule has 15 heavy (non-hydrogen) atoms. The third-order valence-electron chi connectivity index (χ3n) is 2.18.